The van der Waals surface area contributed by atoms with E-state index in [0.717, 1.165) is 33.8 Å². The Morgan fingerprint density at radius 3 is 1.83 bits per heavy atom. The summed E-state index contributed by atoms with van der Waals surface area (Å²) in [5.41, 5.74) is 3.49. The summed E-state index contributed by atoms with van der Waals surface area (Å²) in [5.74, 6) is 1.71. The number of Topliss-reactive ketones (excluding diaryl/α,β-unsaturated/α-hetero) is 1. The topological polar surface area (TPSA) is 28.4 Å². The van der Waals surface area contributed by atoms with Crippen LogP contribution in [-0.2, 0) is 5.41 Å². The second-order valence-electron chi connectivity index (χ2n) is 8.16. The van der Waals surface area contributed by atoms with Gasteiger partial charge in [0, 0.05) is 23.6 Å². The molecule has 0 N–H and O–H groups in total. The number of hydrogen-bond acceptors (Lipinski definition) is 1. The van der Waals surface area contributed by atoms with Crippen LogP contribution in [0.5, 0.6) is 0 Å². The van der Waals surface area contributed by atoms with Gasteiger partial charge in [-0.1, -0.05) is 78.9 Å². The number of hydrogen-bond donors (Lipinski definition) is 0. The van der Waals surface area contributed by atoms with Crippen LogP contribution < -0.4 is 0 Å². The average Bonchev–Trinajstić information content (AvgIpc) is 2.80. The monoisotopic (exact) mass is 393 g/mol. The summed E-state index contributed by atoms with van der Waals surface area (Å²) < 4.78 is 6.37. The van der Waals surface area contributed by atoms with Gasteiger partial charge in [0.2, 0.25) is 0 Å². The minimum atomic E-state index is -0.457. The number of carbonyl (C=O) groups is 1. The molecule has 0 aliphatic rings. The molecule has 0 aliphatic heterocycles. The lowest BCUT2D eigenvalue weighted by molar-refractivity contribution is 0.0951. The van der Waals surface area contributed by atoms with Crippen LogP contribution in [0.1, 0.15) is 36.4 Å². The predicted molar refractivity (Wildman–Crippen MR) is 122 cm³/mol. The van der Waals surface area contributed by atoms with E-state index in [-0.39, 0.29) is 5.78 Å². The van der Waals surface area contributed by atoms with Crippen LogP contribution in [0.4, 0.5) is 0 Å². The molecule has 0 atom stereocenters. The van der Waals surface area contributed by atoms with E-state index in [1.165, 1.54) is 0 Å². The van der Waals surface area contributed by atoms with Crippen molar-refractivity contribution >= 4 is 5.78 Å². The highest BCUT2D eigenvalue weighted by Crippen LogP contribution is 2.35. The molecule has 0 spiro atoms. The maximum absolute atomic E-state index is 12.9. The number of rotatable bonds is 6. The van der Waals surface area contributed by atoms with Crippen molar-refractivity contribution in [3.8, 4) is 22.5 Å². The van der Waals surface area contributed by atoms with Crippen molar-refractivity contribution < 1.29 is 9.21 Å². The zero-order valence-corrected chi connectivity index (χ0v) is 17.3. The van der Waals surface area contributed by atoms with E-state index in [4.69, 9.17) is 4.42 Å². The van der Waals surface area contributed by atoms with Crippen LogP contribution in [0.3, 0.4) is 0 Å². The summed E-state index contributed by atoms with van der Waals surface area (Å²) in [6.45, 7) is 4.13. The molecule has 148 valence electrons. The number of ketones is 1. The molecule has 4 rings (SSSR count). The zero-order valence-electron chi connectivity index (χ0n) is 17.3. The van der Waals surface area contributed by atoms with Crippen molar-refractivity contribution in [2.45, 2.75) is 25.7 Å². The lowest BCUT2D eigenvalue weighted by Gasteiger charge is -2.17. The maximum atomic E-state index is 12.9. The van der Waals surface area contributed by atoms with Crippen LogP contribution in [-0.4, -0.2) is 5.78 Å². The Balaban J connectivity index is 1.77. The van der Waals surface area contributed by atoms with Crippen molar-refractivity contribution in [1.29, 1.82) is 0 Å². The summed E-state index contributed by atoms with van der Waals surface area (Å²) in [5, 5.41) is 0. The van der Waals surface area contributed by atoms with E-state index in [2.05, 4.69) is 38.1 Å². The van der Waals surface area contributed by atoms with Crippen molar-refractivity contribution in [3.63, 3.8) is 0 Å². The molecule has 0 unspecified atom stereocenters. The van der Waals surface area contributed by atoms with E-state index >= 15 is 0 Å². The molecule has 0 amide bonds. The Labute approximate surface area is 177 Å². The van der Waals surface area contributed by atoms with Crippen LogP contribution >= 0.6 is 0 Å². The first-order valence-electron chi connectivity index (χ1n) is 10.2. The lowest BCUT2D eigenvalue weighted by Crippen LogP contribution is -2.22. The molecular weight excluding hydrogens is 368 g/mol. The molecular formula is C28H25O2+. The lowest BCUT2D eigenvalue weighted by atomic mass is 9.82. The largest absolute Gasteiger partial charge is 0.360 e. The van der Waals surface area contributed by atoms with Gasteiger partial charge in [0.15, 0.2) is 5.78 Å². The van der Waals surface area contributed by atoms with Gasteiger partial charge < -0.3 is 0 Å². The van der Waals surface area contributed by atoms with Gasteiger partial charge in [0.25, 0.3) is 0 Å². The standard InChI is InChI=1S/C28H25O2/c1-28(2,20-25(29)22-14-8-4-9-15-22)27-19-24(21-12-6-3-7-13-21)18-26(30-27)23-16-10-5-11-17-23/h3-19H,20H2,1-2H3/q+1. The molecule has 4 aromatic rings. The van der Waals surface area contributed by atoms with E-state index in [1.807, 2.05) is 78.9 Å². The fourth-order valence-corrected chi connectivity index (χ4v) is 3.59. The summed E-state index contributed by atoms with van der Waals surface area (Å²) in [6.07, 6.45) is 0.368. The molecule has 1 heterocycles. The van der Waals surface area contributed by atoms with Crippen molar-refractivity contribution in [1.82, 2.24) is 0 Å². The van der Waals surface area contributed by atoms with Crippen LogP contribution in [0.15, 0.2) is 108 Å². The molecule has 30 heavy (non-hydrogen) atoms. The Bertz CT molecular complexity index is 1070. The summed E-state index contributed by atoms with van der Waals surface area (Å²) >= 11 is 0. The minimum Gasteiger partial charge on any atom is -0.294 e. The van der Waals surface area contributed by atoms with Gasteiger partial charge >= 0.3 is 11.5 Å². The maximum Gasteiger partial charge on any atom is 0.360 e. The van der Waals surface area contributed by atoms with Gasteiger partial charge in [-0.05, 0) is 31.5 Å². The molecule has 2 nitrogen and oxygen atoms in total. The molecule has 0 aliphatic carbocycles. The first kappa shape index (κ1) is 19.8. The average molecular weight is 394 g/mol. The number of carbonyl (C=O) groups excluding carboxylic acids is 1. The third kappa shape index (κ3) is 4.38. The fraction of sp³-hybridized carbons (Fsp3) is 0.143. The molecule has 3 aromatic carbocycles. The smallest absolute Gasteiger partial charge is 0.294 e. The van der Waals surface area contributed by atoms with Gasteiger partial charge in [0.05, 0.1) is 17.0 Å². The zero-order chi connectivity index (χ0) is 21.0. The van der Waals surface area contributed by atoms with Gasteiger partial charge in [-0.25, -0.2) is 4.42 Å². The number of benzene rings is 3. The van der Waals surface area contributed by atoms with Gasteiger partial charge in [0.1, 0.15) is 0 Å². The van der Waals surface area contributed by atoms with E-state index in [1.54, 1.807) is 0 Å². The highest BCUT2D eigenvalue weighted by molar-refractivity contribution is 5.96. The molecule has 0 saturated carbocycles. The quantitative estimate of drug-likeness (QED) is 0.251. The van der Waals surface area contributed by atoms with Crippen molar-refractivity contribution in [2.24, 2.45) is 0 Å². The Hall–Kier alpha value is -3.52. The highest BCUT2D eigenvalue weighted by Gasteiger charge is 2.36. The van der Waals surface area contributed by atoms with E-state index < -0.39 is 5.41 Å². The van der Waals surface area contributed by atoms with Crippen molar-refractivity contribution in [3.05, 3.63) is 114 Å². The third-order valence-corrected chi connectivity index (χ3v) is 5.32. The summed E-state index contributed by atoms with van der Waals surface area (Å²) in [6, 6.07) is 33.9. The Morgan fingerprint density at radius 2 is 1.23 bits per heavy atom. The predicted octanol–water partition coefficient (Wildman–Crippen LogP) is 7.45. The van der Waals surface area contributed by atoms with Crippen LogP contribution in [0, 0.1) is 0 Å². The van der Waals surface area contributed by atoms with Gasteiger partial charge in [-0.2, -0.15) is 0 Å². The molecule has 0 bridgehead atoms. The molecule has 0 saturated heterocycles. The van der Waals surface area contributed by atoms with Gasteiger partial charge in [-0.3, -0.25) is 4.79 Å². The van der Waals surface area contributed by atoms with E-state index in [0.29, 0.717) is 6.42 Å². The fourth-order valence-electron chi connectivity index (χ4n) is 3.59. The van der Waals surface area contributed by atoms with Gasteiger partial charge in [-0.15, -0.1) is 0 Å². The summed E-state index contributed by atoms with van der Waals surface area (Å²) in [7, 11) is 0. The third-order valence-electron chi connectivity index (χ3n) is 5.32. The SMILES string of the molecule is CC(C)(CC(=O)c1ccccc1)c1cc(-c2ccccc2)cc(-c2ccccc2)[o+]1. The Morgan fingerprint density at radius 1 is 0.700 bits per heavy atom. The second-order valence-corrected chi connectivity index (χ2v) is 8.16. The molecule has 2 heteroatoms. The summed E-state index contributed by atoms with van der Waals surface area (Å²) in [4.78, 5) is 12.9. The minimum absolute atomic E-state index is 0.113. The molecule has 0 fully saturated rings. The first-order valence-corrected chi connectivity index (χ1v) is 10.2. The molecule has 1 aromatic heterocycles. The normalized spacial score (nSPS) is 11.3. The Kier molecular flexibility index (Phi) is 5.58. The highest BCUT2D eigenvalue weighted by atomic mass is 16.3. The van der Waals surface area contributed by atoms with Crippen LogP contribution in [0.2, 0.25) is 0 Å². The molecule has 0 radical (unpaired) electrons. The van der Waals surface area contributed by atoms with E-state index in [9.17, 15) is 4.79 Å². The first-order chi connectivity index (χ1) is 14.5. The van der Waals surface area contributed by atoms with Crippen molar-refractivity contribution in [2.75, 3.05) is 0 Å². The van der Waals surface area contributed by atoms with Crippen LogP contribution in [0.25, 0.3) is 22.5 Å². The second kappa shape index (κ2) is 8.46.